The summed E-state index contributed by atoms with van der Waals surface area (Å²) in [4.78, 5) is 23.6. The van der Waals surface area contributed by atoms with Gasteiger partial charge in [-0.15, -0.1) is 11.5 Å². The number of nitrogens with one attached hydrogen (secondary N) is 1. The van der Waals surface area contributed by atoms with Crippen LogP contribution in [0.1, 0.15) is 47.5 Å². The predicted molar refractivity (Wildman–Crippen MR) is 93.0 cm³/mol. The van der Waals surface area contributed by atoms with Crippen LogP contribution in [0.15, 0.2) is 0 Å². The molecule has 1 amide bonds. The van der Waals surface area contributed by atoms with Gasteiger partial charge in [-0.3, -0.25) is 4.79 Å². The summed E-state index contributed by atoms with van der Waals surface area (Å²) in [5.74, 6) is 2.77. The lowest BCUT2D eigenvalue weighted by Gasteiger charge is -2.31. The minimum absolute atomic E-state index is 0.139. The van der Waals surface area contributed by atoms with Gasteiger partial charge in [0.25, 0.3) is 0 Å². The fourth-order valence-corrected chi connectivity index (χ4v) is 2.44. The number of hydrogen-bond acceptors (Lipinski definition) is 3. The molecule has 0 heterocycles. The van der Waals surface area contributed by atoms with Gasteiger partial charge in [0, 0.05) is 12.8 Å². The molecule has 22 heavy (non-hydrogen) atoms. The minimum Gasteiger partial charge on any atom is -0.467 e. The molecule has 1 atom stereocenters. The molecule has 0 aromatic carbocycles. The van der Waals surface area contributed by atoms with Gasteiger partial charge in [0.05, 0.1) is 7.11 Å². The quantitative estimate of drug-likeness (QED) is 0.480. The highest BCUT2D eigenvalue weighted by atomic mass is 28.3. The molecule has 0 radical (unpaired) electrons. The molecule has 0 aromatic rings. The van der Waals surface area contributed by atoms with Gasteiger partial charge >= 0.3 is 5.97 Å². The Morgan fingerprint density at radius 2 is 1.77 bits per heavy atom. The molecule has 0 rings (SSSR count). The van der Waals surface area contributed by atoms with E-state index < -0.39 is 20.1 Å². The highest BCUT2D eigenvalue weighted by Gasteiger charge is 2.33. The summed E-state index contributed by atoms with van der Waals surface area (Å²) in [6.07, 6.45) is 0.687. The minimum atomic E-state index is -1.71. The lowest BCUT2D eigenvalue weighted by atomic mass is 10.1. The molecular weight excluding hydrogens is 294 g/mol. The zero-order valence-electron chi connectivity index (χ0n) is 15.3. The monoisotopic (exact) mass is 325 g/mol. The van der Waals surface area contributed by atoms with Gasteiger partial charge in [-0.05, 0) is 11.0 Å². The van der Waals surface area contributed by atoms with Gasteiger partial charge in [-0.2, -0.15) is 0 Å². The van der Waals surface area contributed by atoms with Crippen molar-refractivity contribution in [3.63, 3.8) is 0 Å². The van der Waals surface area contributed by atoms with Crippen molar-refractivity contribution in [2.45, 2.75) is 71.6 Å². The number of amides is 1. The van der Waals surface area contributed by atoms with Crippen molar-refractivity contribution in [3.05, 3.63) is 0 Å². The topological polar surface area (TPSA) is 55.4 Å². The van der Waals surface area contributed by atoms with E-state index in [4.69, 9.17) is 4.74 Å². The van der Waals surface area contributed by atoms with Crippen LogP contribution in [0, 0.1) is 17.4 Å². The molecule has 0 spiro atoms. The second-order valence-corrected chi connectivity index (χ2v) is 12.6. The Balaban J connectivity index is 4.91. The van der Waals surface area contributed by atoms with Crippen molar-refractivity contribution in [2.24, 2.45) is 5.92 Å². The Kier molecular flexibility index (Phi) is 7.89. The van der Waals surface area contributed by atoms with E-state index >= 15 is 0 Å². The van der Waals surface area contributed by atoms with Crippen molar-refractivity contribution in [2.75, 3.05) is 7.11 Å². The highest BCUT2D eigenvalue weighted by molar-refractivity contribution is 6.87. The maximum atomic E-state index is 11.8. The lowest BCUT2D eigenvalue weighted by molar-refractivity contribution is -0.145. The second kappa shape index (κ2) is 8.38. The van der Waals surface area contributed by atoms with Gasteiger partial charge < -0.3 is 10.1 Å². The summed E-state index contributed by atoms with van der Waals surface area (Å²) in [6, 6.07) is -0.687. The summed E-state index contributed by atoms with van der Waals surface area (Å²) in [5.41, 5.74) is 3.35. The van der Waals surface area contributed by atoms with E-state index in [0.717, 1.165) is 0 Å². The van der Waals surface area contributed by atoms with E-state index in [1.165, 1.54) is 7.11 Å². The Bertz CT molecular complexity index is 453. The molecule has 0 bridgehead atoms. The first-order chi connectivity index (χ1) is 9.90. The average molecular weight is 326 g/mol. The zero-order chi connectivity index (χ0) is 17.6. The zero-order valence-corrected chi connectivity index (χ0v) is 16.3. The van der Waals surface area contributed by atoms with Crippen molar-refractivity contribution < 1.29 is 14.3 Å². The fraction of sp³-hybridized carbons (Fsp3) is 0.765. The summed E-state index contributed by atoms with van der Waals surface area (Å²) in [5, 5.41) is 2.89. The normalized spacial score (nSPS) is 13.1. The Morgan fingerprint density at radius 1 is 1.23 bits per heavy atom. The number of carbonyl (C=O) groups is 2. The molecule has 4 nitrogen and oxygen atoms in total. The third kappa shape index (κ3) is 7.12. The lowest BCUT2D eigenvalue weighted by Crippen LogP contribution is -2.42. The largest absolute Gasteiger partial charge is 0.467 e. The molecule has 0 aliphatic carbocycles. The summed E-state index contributed by atoms with van der Waals surface area (Å²) in [6.45, 7) is 14.9. The highest BCUT2D eigenvalue weighted by Crippen LogP contribution is 2.35. The van der Waals surface area contributed by atoms with E-state index in [1.54, 1.807) is 0 Å². The summed E-state index contributed by atoms with van der Waals surface area (Å²) in [7, 11) is -0.384. The van der Waals surface area contributed by atoms with E-state index in [-0.39, 0.29) is 16.9 Å². The van der Waals surface area contributed by atoms with Crippen LogP contribution in [0.4, 0.5) is 0 Å². The van der Waals surface area contributed by atoms with Crippen molar-refractivity contribution in [3.8, 4) is 11.5 Å². The van der Waals surface area contributed by atoms with Gasteiger partial charge in [-0.1, -0.05) is 47.7 Å². The number of hydrogen-bond donors (Lipinski definition) is 1. The predicted octanol–water partition coefficient (Wildman–Crippen LogP) is 3.13. The third-order valence-electron chi connectivity index (χ3n) is 4.00. The van der Waals surface area contributed by atoms with Crippen molar-refractivity contribution in [1.82, 2.24) is 5.32 Å². The molecule has 0 saturated carbocycles. The van der Waals surface area contributed by atoms with Crippen LogP contribution in [0.25, 0.3) is 0 Å². The molecule has 1 N–H and O–H groups in total. The number of carbonyl (C=O) groups excluding carboxylic acids is 2. The van der Waals surface area contributed by atoms with Gasteiger partial charge in [-0.25, -0.2) is 4.79 Å². The van der Waals surface area contributed by atoms with Crippen LogP contribution in [-0.2, 0) is 14.3 Å². The van der Waals surface area contributed by atoms with Crippen LogP contribution in [0.2, 0.25) is 18.1 Å². The van der Waals surface area contributed by atoms with E-state index in [1.807, 2.05) is 13.8 Å². The van der Waals surface area contributed by atoms with E-state index in [9.17, 15) is 9.59 Å². The smallest absolute Gasteiger partial charge is 0.329 e. The summed E-state index contributed by atoms with van der Waals surface area (Å²) >= 11 is 0. The van der Waals surface area contributed by atoms with Crippen molar-refractivity contribution in [1.29, 1.82) is 0 Å². The van der Waals surface area contributed by atoms with E-state index in [2.05, 4.69) is 50.6 Å². The van der Waals surface area contributed by atoms with Crippen LogP contribution in [0.3, 0.4) is 0 Å². The Morgan fingerprint density at radius 3 is 2.18 bits per heavy atom. The summed E-state index contributed by atoms with van der Waals surface area (Å²) < 4.78 is 4.76. The van der Waals surface area contributed by atoms with Gasteiger partial charge in [0.1, 0.15) is 14.1 Å². The average Bonchev–Trinajstić information content (AvgIpc) is 2.34. The second-order valence-electron chi connectivity index (χ2n) is 7.62. The van der Waals surface area contributed by atoms with Crippen LogP contribution >= 0.6 is 0 Å². The molecular formula is C17H31NO3Si. The molecule has 0 aliphatic heterocycles. The van der Waals surface area contributed by atoms with Gasteiger partial charge in [0.15, 0.2) is 0 Å². The molecule has 0 aliphatic rings. The maximum absolute atomic E-state index is 11.8. The van der Waals surface area contributed by atoms with Crippen LogP contribution in [-0.4, -0.2) is 33.1 Å². The first kappa shape index (κ1) is 20.7. The van der Waals surface area contributed by atoms with Crippen LogP contribution < -0.4 is 5.32 Å². The van der Waals surface area contributed by atoms with E-state index in [0.29, 0.717) is 12.8 Å². The molecule has 126 valence electrons. The molecule has 5 heteroatoms. The number of methoxy groups -OCH3 is 1. The fourth-order valence-electron chi connectivity index (χ4n) is 1.52. The van der Waals surface area contributed by atoms with Gasteiger partial charge in [0.2, 0.25) is 5.91 Å². The SMILES string of the molecule is COC(=O)[C@H](CC#C[Si](C)(C)C(C)(C)C)NC(=O)CC(C)C. The molecule has 0 unspecified atom stereocenters. The molecule has 0 aromatic heterocycles. The maximum Gasteiger partial charge on any atom is 0.329 e. The Hall–Kier alpha value is -1.28. The van der Waals surface area contributed by atoms with Crippen LogP contribution in [0.5, 0.6) is 0 Å². The molecule has 0 fully saturated rings. The first-order valence-corrected chi connectivity index (χ1v) is 10.8. The molecule has 0 saturated heterocycles. The number of esters is 1. The third-order valence-corrected chi connectivity index (χ3v) is 8.55. The first-order valence-electron chi connectivity index (χ1n) is 7.78. The number of ether oxygens (including phenoxy) is 1. The Labute approximate surface area is 136 Å². The standard InChI is InChI=1S/C17H31NO3Si/c1-13(2)12-15(19)18-14(16(20)21-6)10-9-11-22(7,8)17(3,4)5/h13-14H,10,12H2,1-8H3,(H,18,19)/t14-/m0/s1. The number of rotatable bonds is 5. The van der Waals surface area contributed by atoms with Crippen molar-refractivity contribution >= 4 is 20.0 Å².